The van der Waals surface area contributed by atoms with Gasteiger partial charge in [0.05, 0.1) is 11.4 Å². The van der Waals surface area contributed by atoms with Gasteiger partial charge in [0.1, 0.15) is 11.6 Å². The maximum Gasteiger partial charge on any atom is 0.133 e. The van der Waals surface area contributed by atoms with E-state index in [4.69, 9.17) is 0 Å². The summed E-state index contributed by atoms with van der Waals surface area (Å²) in [6.07, 6.45) is 0. The molecule has 0 unspecified atom stereocenters. The van der Waals surface area contributed by atoms with Crippen LogP contribution in [0.4, 0.5) is 21.5 Å². The number of anilines is 3. The predicted molar refractivity (Wildman–Crippen MR) is 159 cm³/mol. The molecule has 6 aromatic carbocycles. The Morgan fingerprint density at radius 1 is 0.436 bits per heavy atom. The van der Waals surface area contributed by atoms with Crippen molar-refractivity contribution in [1.29, 1.82) is 0 Å². The number of para-hydroxylation sites is 1. The lowest BCUT2D eigenvalue weighted by molar-refractivity contribution is 0.476. The van der Waals surface area contributed by atoms with Crippen molar-refractivity contribution in [2.24, 2.45) is 0 Å². The summed E-state index contributed by atoms with van der Waals surface area (Å²) in [5.74, 6) is -0.181. The van der Waals surface area contributed by atoms with E-state index in [1.54, 1.807) is 18.2 Å². The monoisotopic (exact) mass is 507 g/mol. The van der Waals surface area contributed by atoms with Crippen molar-refractivity contribution in [3.63, 3.8) is 0 Å². The van der Waals surface area contributed by atoms with Gasteiger partial charge in [0, 0.05) is 22.9 Å². The second-order valence-electron chi connectivity index (χ2n) is 9.35. The predicted octanol–water partition coefficient (Wildman–Crippen LogP) is 10.0. The van der Waals surface area contributed by atoms with Crippen LogP contribution in [0.25, 0.3) is 33.4 Å². The van der Waals surface area contributed by atoms with Crippen molar-refractivity contribution in [2.75, 3.05) is 4.90 Å². The van der Waals surface area contributed by atoms with Crippen LogP contribution in [0.3, 0.4) is 0 Å². The first-order valence-corrected chi connectivity index (χ1v) is 12.9. The van der Waals surface area contributed by atoms with E-state index < -0.39 is 0 Å². The average molecular weight is 508 g/mol. The van der Waals surface area contributed by atoms with Gasteiger partial charge in [-0.05, 0) is 58.7 Å². The third kappa shape index (κ3) is 5.03. The number of phenols is 1. The molecular formula is C36H26FNO. The standard InChI is InChI=1S/C36H26FNO/c37-35-25-30(20-21-33(35)27-14-6-2-7-15-27)38(36-19-11-10-18-34(36)28-16-8-3-9-17-28)31-22-29(23-32(39)24-31)26-12-4-1-5-13-26/h1-25,39H. The molecule has 0 bridgehead atoms. The lowest BCUT2D eigenvalue weighted by atomic mass is 9.99. The van der Waals surface area contributed by atoms with Gasteiger partial charge in [0.25, 0.3) is 0 Å². The summed E-state index contributed by atoms with van der Waals surface area (Å²) < 4.78 is 15.7. The second-order valence-corrected chi connectivity index (χ2v) is 9.35. The van der Waals surface area contributed by atoms with Gasteiger partial charge in [-0.2, -0.15) is 0 Å². The van der Waals surface area contributed by atoms with Crippen LogP contribution < -0.4 is 4.90 Å². The minimum atomic E-state index is -0.315. The molecular weight excluding hydrogens is 481 g/mol. The Labute approximate surface area is 227 Å². The SMILES string of the molecule is Oc1cc(-c2ccccc2)cc(N(c2ccc(-c3ccccc3)c(F)c2)c2ccccc2-c2ccccc2)c1. The fourth-order valence-corrected chi connectivity index (χ4v) is 4.97. The molecule has 0 atom stereocenters. The van der Waals surface area contributed by atoms with E-state index in [1.807, 2.05) is 120 Å². The van der Waals surface area contributed by atoms with Crippen molar-refractivity contribution in [1.82, 2.24) is 0 Å². The Morgan fingerprint density at radius 3 is 1.64 bits per heavy atom. The number of phenolic OH excluding ortho intramolecular Hbond substituents is 1. The third-order valence-electron chi connectivity index (χ3n) is 6.79. The molecule has 0 saturated carbocycles. The van der Waals surface area contributed by atoms with Gasteiger partial charge >= 0.3 is 0 Å². The lowest BCUT2D eigenvalue weighted by Gasteiger charge is -2.29. The van der Waals surface area contributed by atoms with Crippen LogP contribution in [-0.4, -0.2) is 5.11 Å². The first-order valence-electron chi connectivity index (χ1n) is 12.9. The van der Waals surface area contributed by atoms with Gasteiger partial charge in [0.2, 0.25) is 0 Å². The minimum Gasteiger partial charge on any atom is -0.508 e. The molecule has 0 amide bonds. The zero-order valence-corrected chi connectivity index (χ0v) is 21.2. The molecule has 39 heavy (non-hydrogen) atoms. The van der Waals surface area contributed by atoms with Crippen LogP contribution in [0.2, 0.25) is 0 Å². The molecule has 0 radical (unpaired) electrons. The molecule has 2 nitrogen and oxygen atoms in total. The Balaban J connectivity index is 1.56. The van der Waals surface area contributed by atoms with Crippen LogP contribution in [0.5, 0.6) is 5.75 Å². The average Bonchev–Trinajstić information content (AvgIpc) is 2.99. The van der Waals surface area contributed by atoms with E-state index in [-0.39, 0.29) is 11.6 Å². The van der Waals surface area contributed by atoms with E-state index in [0.29, 0.717) is 11.3 Å². The summed E-state index contributed by atoms with van der Waals surface area (Å²) in [6.45, 7) is 0. The van der Waals surface area contributed by atoms with Gasteiger partial charge in [-0.3, -0.25) is 0 Å². The highest BCUT2D eigenvalue weighted by molar-refractivity contribution is 5.90. The Hall–Kier alpha value is -5.15. The molecule has 188 valence electrons. The Morgan fingerprint density at radius 2 is 1.00 bits per heavy atom. The van der Waals surface area contributed by atoms with E-state index in [2.05, 4.69) is 18.2 Å². The Bertz CT molecular complexity index is 1720. The number of benzene rings is 6. The van der Waals surface area contributed by atoms with Gasteiger partial charge in [-0.25, -0.2) is 4.39 Å². The first-order chi connectivity index (χ1) is 19.2. The van der Waals surface area contributed by atoms with Crippen LogP contribution in [0.1, 0.15) is 0 Å². The maximum absolute atomic E-state index is 15.7. The fraction of sp³-hybridized carbons (Fsp3) is 0. The lowest BCUT2D eigenvalue weighted by Crippen LogP contribution is -2.12. The second kappa shape index (κ2) is 10.7. The zero-order chi connectivity index (χ0) is 26.6. The molecule has 0 heterocycles. The van der Waals surface area contributed by atoms with E-state index in [9.17, 15) is 5.11 Å². The summed E-state index contributed by atoms with van der Waals surface area (Å²) >= 11 is 0. The summed E-state index contributed by atoms with van der Waals surface area (Å²) in [5.41, 5.74) is 7.51. The van der Waals surface area contributed by atoms with E-state index in [0.717, 1.165) is 39.2 Å². The molecule has 6 rings (SSSR count). The highest BCUT2D eigenvalue weighted by atomic mass is 19.1. The molecule has 6 aromatic rings. The topological polar surface area (TPSA) is 23.5 Å². The molecule has 0 aromatic heterocycles. The number of nitrogens with zero attached hydrogens (tertiary/aromatic N) is 1. The first kappa shape index (κ1) is 24.2. The summed E-state index contributed by atoms with van der Waals surface area (Å²) in [6, 6.07) is 48.5. The van der Waals surface area contributed by atoms with Crippen molar-refractivity contribution in [2.45, 2.75) is 0 Å². The third-order valence-corrected chi connectivity index (χ3v) is 6.79. The fourth-order valence-electron chi connectivity index (χ4n) is 4.97. The van der Waals surface area contributed by atoms with Crippen molar-refractivity contribution in [3.8, 4) is 39.1 Å². The molecule has 0 aliphatic rings. The minimum absolute atomic E-state index is 0.134. The summed E-state index contributed by atoms with van der Waals surface area (Å²) in [4.78, 5) is 2.01. The molecule has 3 heteroatoms. The van der Waals surface area contributed by atoms with Gasteiger partial charge < -0.3 is 10.0 Å². The van der Waals surface area contributed by atoms with Crippen molar-refractivity contribution < 1.29 is 9.50 Å². The van der Waals surface area contributed by atoms with Crippen molar-refractivity contribution >= 4 is 17.1 Å². The van der Waals surface area contributed by atoms with Crippen LogP contribution >= 0.6 is 0 Å². The number of aromatic hydroxyl groups is 1. The van der Waals surface area contributed by atoms with Crippen LogP contribution in [0.15, 0.2) is 152 Å². The number of hydrogen-bond donors (Lipinski definition) is 1. The Kier molecular flexibility index (Phi) is 6.63. The maximum atomic E-state index is 15.7. The molecule has 0 saturated heterocycles. The zero-order valence-electron chi connectivity index (χ0n) is 21.2. The molecule has 0 fully saturated rings. The summed E-state index contributed by atoms with van der Waals surface area (Å²) in [7, 11) is 0. The highest BCUT2D eigenvalue weighted by Crippen LogP contribution is 2.43. The van der Waals surface area contributed by atoms with Crippen LogP contribution in [0, 0.1) is 5.82 Å². The quantitative estimate of drug-likeness (QED) is 0.242. The summed E-state index contributed by atoms with van der Waals surface area (Å²) in [5, 5.41) is 10.8. The largest absolute Gasteiger partial charge is 0.508 e. The van der Waals surface area contributed by atoms with Gasteiger partial charge in [0.15, 0.2) is 0 Å². The normalized spacial score (nSPS) is 10.8. The molecule has 0 aliphatic carbocycles. The smallest absolute Gasteiger partial charge is 0.133 e. The molecule has 0 aliphatic heterocycles. The number of halogens is 1. The molecule has 1 N–H and O–H groups in total. The van der Waals surface area contributed by atoms with Gasteiger partial charge in [-0.15, -0.1) is 0 Å². The number of rotatable bonds is 6. The number of hydrogen-bond acceptors (Lipinski definition) is 2. The van der Waals surface area contributed by atoms with Crippen LogP contribution in [-0.2, 0) is 0 Å². The molecule has 0 spiro atoms. The van der Waals surface area contributed by atoms with E-state index >= 15 is 4.39 Å². The van der Waals surface area contributed by atoms with Crippen molar-refractivity contribution in [3.05, 3.63) is 157 Å². The highest BCUT2D eigenvalue weighted by Gasteiger charge is 2.20. The van der Waals surface area contributed by atoms with E-state index in [1.165, 1.54) is 0 Å². The van der Waals surface area contributed by atoms with Gasteiger partial charge in [-0.1, -0.05) is 109 Å².